The van der Waals surface area contributed by atoms with E-state index >= 15 is 0 Å². The standard InChI is InChI=1S/C55H39NS/c1-55(2)50-34-41(45-18-11-19-49-48-17-8-9-21-53(48)57-54(45)49)28-32-46(50)47-33-31-43(35-51(47)55)56(52-20-10-15-40-14-6-7-16-44(40)52)42-29-26-39(27-30-42)38-24-22-37(23-25-38)36-12-4-3-5-13-36/h3-35H,1-2H3. The normalized spacial score (nSPS) is 12.9. The molecule has 0 spiro atoms. The van der Waals surface area contributed by atoms with Crippen LogP contribution >= 0.6 is 11.3 Å². The van der Waals surface area contributed by atoms with Gasteiger partial charge in [0.2, 0.25) is 0 Å². The van der Waals surface area contributed by atoms with E-state index in [1.165, 1.54) is 92.3 Å². The summed E-state index contributed by atoms with van der Waals surface area (Å²) in [6.07, 6.45) is 0. The van der Waals surface area contributed by atoms with Crippen molar-refractivity contribution in [3.63, 3.8) is 0 Å². The molecule has 0 radical (unpaired) electrons. The van der Waals surface area contributed by atoms with E-state index in [0.717, 1.165) is 11.4 Å². The number of anilines is 3. The van der Waals surface area contributed by atoms with Crippen LogP contribution in [0.3, 0.4) is 0 Å². The van der Waals surface area contributed by atoms with Crippen molar-refractivity contribution in [1.82, 2.24) is 0 Å². The highest BCUT2D eigenvalue weighted by atomic mass is 32.1. The summed E-state index contributed by atoms with van der Waals surface area (Å²) in [4.78, 5) is 2.44. The van der Waals surface area contributed by atoms with Crippen LogP contribution < -0.4 is 4.90 Å². The molecule has 0 atom stereocenters. The first kappa shape index (κ1) is 33.6. The zero-order valence-electron chi connectivity index (χ0n) is 31.9. The topological polar surface area (TPSA) is 3.24 Å². The molecule has 1 nitrogen and oxygen atoms in total. The molecule has 0 unspecified atom stereocenters. The fourth-order valence-electron chi connectivity index (χ4n) is 9.13. The Morgan fingerprint density at radius 1 is 0.386 bits per heavy atom. The number of fused-ring (bicyclic) bond motifs is 7. The van der Waals surface area contributed by atoms with Crippen molar-refractivity contribution in [1.29, 1.82) is 0 Å². The maximum absolute atomic E-state index is 2.46. The monoisotopic (exact) mass is 745 g/mol. The molecule has 1 aliphatic rings. The van der Waals surface area contributed by atoms with Gasteiger partial charge in [0.05, 0.1) is 5.69 Å². The SMILES string of the molecule is CC1(C)c2cc(-c3cccc4c3sc3ccccc34)ccc2-c2ccc(N(c3ccc(-c4ccc(-c5ccccc5)cc4)cc3)c3cccc4ccccc34)cc21. The Kier molecular flexibility index (Phi) is 7.77. The molecule has 1 aliphatic carbocycles. The lowest BCUT2D eigenvalue weighted by atomic mass is 9.81. The molecule has 2 heteroatoms. The van der Waals surface area contributed by atoms with Crippen LogP contribution in [-0.2, 0) is 5.41 Å². The van der Waals surface area contributed by atoms with Crippen LogP contribution in [0.4, 0.5) is 17.1 Å². The van der Waals surface area contributed by atoms with Gasteiger partial charge in [0.15, 0.2) is 0 Å². The van der Waals surface area contributed by atoms with Gasteiger partial charge in [-0.05, 0) is 103 Å². The molecule has 0 saturated heterocycles. The second-order valence-electron chi connectivity index (χ2n) is 15.7. The Hall–Kier alpha value is -6.74. The average molecular weight is 746 g/mol. The van der Waals surface area contributed by atoms with Gasteiger partial charge in [-0.25, -0.2) is 0 Å². The smallest absolute Gasteiger partial charge is 0.0540 e. The summed E-state index contributed by atoms with van der Waals surface area (Å²) >= 11 is 1.90. The third kappa shape index (κ3) is 5.51. The van der Waals surface area contributed by atoms with Crippen LogP contribution in [-0.4, -0.2) is 0 Å². The summed E-state index contributed by atoms with van der Waals surface area (Å²) in [5.41, 5.74) is 16.1. The van der Waals surface area contributed by atoms with Gasteiger partial charge in [-0.15, -0.1) is 11.3 Å². The summed E-state index contributed by atoms with van der Waals surface area (Å²) in [5, 5.41) is 5.13. The minimum Gasteiger partial charge on any atom is -0.310 e. The van der Waals surface area contributed by atoms with Gasteiger partial charge in [0.25, 0.3) is 0 Å². The Bertz CT molecular complexity index is 3130. The Labute approximate surface area is 337 Å². The summed E-state index contributed by atoms with van der Waals surface area (Å²) in [5.74, 6) is 0. The van der Waals surface area contributed by atoms with Crippen molar-refractivity contribution < 1.29 is 0 Å². The number of rotatable bonds is 6. The second-order valence-corrected chi connectivity index (χ2v) is 16.8. The van der Waals surface area contributed by atoms with Crippen molar-refractivity contribution in [2.75, 3.05) is 4.90 Å². The molecule has 11 rings (SSSR count). The Morgan fingerprint density at radius 2 is 0.930 bits per heavy atom. The van der Waals surface area contributed by atoms with Crippen molar-refractivity contribution in [3.8, 4) is 44.5 Å². The fraction of sp³-hybridized carbons (Fsp3) is 0.0545. The van der Waals surface area contributed by atoms with E-state index in [1.807, 2.05) is 11.3 Å². The Morgan fingerprint density at radius 3 is 1.70 bits per heavy atom. The van der Waals surface area contributed by atoms with E-state index < -0.39 is 0 Å². The molecule has 57 heavy (non-hydrogen) atoms. The lowest BCUT2D eigenvalue weighted by molar-refractivity contribution is 0.660. The lowest BCUT2D eigenvalue weighted by Crippen LogP contribution is -2.16. The maximum atomic E-state index is 2.46. The zero-order chi connectivity index (χ0) is 38.1. The van der Waals surface area contributed by atoms with Gasteiger partial charge in [-0.2, -0.15) is 0 Å². The van der Waals surface area contributed by atoms with Crippen LogP contribution in [0.2, 0.25) is 0 Å². The predicted octanol–water partition coefficient (Wildman–Crippen LogP) is 16.0. The Balaban J connectivity index is 0.995. The average Bonchev–Trinajstić information content (AvgIpc) is 3.76. The van der Waals surface area contributed by atoms with Crippen LogP contribution in [0.15, 0.2) is 200 Å². The summed E-state index contributed by atoms with van der Waals surface area (Å²) in [7, 11) is 0. The largest absolute Gasteiger partial charge is 0.310 e. The molecule has 10 aromatic rings. The second kappa shape index (κ2) is 13.2. The molecule has 0 aliphatic heterocycles. The summed E-state index contributed by atoms with van der Waals surface area (Å²) < 4.78 is 2.69. The number of thiophene rings is 1. The van der Waals surface area contributed by atoms with Crippen LogP contribution in [0, 0.1) is 0 Å². The number of hydrogen-bond donors (Lipinski definition) is 0. The van der Waals surface area contributed by atoms with Crippen molar-refractivity contribution in [2.24, 2.45) is 0 Å². The summed E-state index contributed by atoms with van der Waals surface area (Å²) in [6, 6.07) is 73.7. The molecule has 0 N–H and O–H groups in total. The minimum atomic E-state index is -0.190. The van der Waals surface area contributed by atoms with Crippen LogP contribution in [0.5, 0.6) is 0 Å². The molecular formula is C55H39NS. The molecular weight excluding hydrogens is 707 g/mol. The van der Waals surface area contributed by atoms with Gasteiger partial charge in [0.1, 0.15) is 0 Å². The van der Waals surface area contributed by atoms with E-state index in [4.69, 9.17) is 0 Å². The van der Waals surface area contributed by atoms with Gasteiger partial charge in [0, 0.05) is 42.3 Å². The third-order valence-corrected chi connectivity index (χ3v) is 13.3. The van der Waals surface area contributed by atoms with E-state index in [1.54, 1.807) is 0 Å². The zero-order valence-corrected chi connectivity index (χ0v) is 32.7. The van der Waals surface area contributed by atoms with E-state index in [-0.39, 0.29) is 5.41 Å². The minimum absolute atomic E-state index is 0.190. The van der Waals surface area contributed by atoms with E-state index in [9.17, 15) is 0 Å². The number of benzene rings is 9. The van der Waals surface area contributed by atoms with Gasteiger partial charge >= 0.3 is 0 Å². The first-order valence-electron chi connectivity index (χ1n) is 19.8. The van der Waals surface area contributed by atoms with Gasteiger partial charge < -0.3 is 4.90 Å². The van der Waals surface area contributed by atoms with Crippen LogP contribution in [0.1, 0.15) is 25.0 Å². The molecule has 9 aromatic carbocycles. The maximum Gasteiger partial charge on any atom is 0.0540 e. The molecule has 1 aromatic heterocycles. The first-order valence-corrected chi connectivity index (χ1v) is 20.6. The highest BCUT2D eigenvalue weighted by Crippen LogP contribution is 2.52. The third-order valence-electron chi connectivity index (χ3n) is 12.1. The lowest BCUT2D eigenvalue weighted by Gasteiger charge is -2.29. The molecule has 1 heterocycles. The molecule has 0 saturated carbocycles. The van der Waals surface area contributed by atoms with Crippen molar-refractivity contribution >= 4 is 59.3 Å². The summed E-state index contributed by atoms with van der Waals surface area (Å²) in [6.45, 7) is 4.79. The quantitative estimate of drug-likeness (QED) is 0.164. The van der Waals surface area contributed by atoms with E-state index in [2.05, 4.69) is 219 Å². The van der Waals surface area contributed by atoms with Gasteiger partial charge in [-0.1, -0.05) is 172 Å². The molecule has 0 fully saturated rings. The van der Waals surface area contributed by atoms with Crippen molar-refractivity contribution in [3.05, 3.63) is 211 Å². The predicted molar refractivity (Wildman–Crippen MR) is 245 cm³/mol. The molecule has 270 valence electrons. The van der Waals surface area contributed by atoms with Crippen molar-refractivity contribution in [2.45, 2.75) is 19.3 Å². The number of hydrogen-bond acceptors (Lipinski definition) is 2. The highest BCUT2D eigenvalue weighted by Gasteiger charge is 2.36. The number of nitrogens with zero attached hydrogens (tertiary/aromatic N) is 1. The fourth-order valence-corrected chi connectivity index (χ4v) is 10.4. The molecule has 0 amide bonds. The molecule has 0 bridgehead atoms. The van der Waals surface area contributed by atoms with Crippen LogP contribution in [0.25, 0.3) is 75.5 Å². The highest BCUT2D eigenvalue weighted by molar-refractivity contribution is 7.26. The first-order chi connectivity index (χ1) is 28.0. The van der Waals surface area contributed by atoms with Gasteiger partial charge in [-0.3, -0.25) is 0 Å². The van der Waals surface area contributed by atoms with E-state index in [0.29, 0.717) is 0 Å².